The molecule has 22 heavy (non-hydrogen) atoms. The van der Waals surface area contributed by atoms with Crippen LogP contribution in [0.4, 0.5) is 0 Å². The Kier molecular flexibility index (Phi) is 3.39. The first-order valence-electron chi connectivity index (χ1n) is 7.14. The Morgan fingerprint density at radius 3 is 2.86 bits per heavy atom. The molecule has 0 unspecified atom stereocenters. The second-order valence-electron chi connectivity index (χ2n) is 5.25. The van der Waals surface area contributed by atoms with E-state index in [4.69, 9.17) is 5.10 Å². The van der Waals surface area contributed by atoms with Crippen LogP contribution in [0.1, 0.15) is 10.4 Å². The van der Waals surface area contributed by atoms with Crippen LogP contribution in [-0.2, 0) is 6.42 Å². The summed E-state index contributed by atoms with van der Waals surface area (Å²) in [5.74, 6) is 0.979. The zero-order chi connectivity index (χ0) is 15.1. The van der Waals surface area contributed by atoms with Crippen molar-refractivity contribution in [1.29, 1.82) is 0 Å². The van der Waals surface area contributed by atoms with Crippen LogP contribution in [0, 0.1) is 6.92 Å². The molecule has 3 nitrogen and oxygen atoms in total. The highest BCUT2D eigenvalue weighted by Crippen LogP contribution is 2.35. The lowest BCUT2D eigenvalue weighted by Crippen LogP contribution is -2.21. The van der Waals surface area contributed by atoms with E-state index in [1.54, 1.807) is 17.4 Å². The summed E-state index contributed by atoms with van der Waals surface area (Å²) >= 11 is 3.42. The molecule has 0 saturated heterocycles. The van der Waals surface area contributed by atoms with Crippen LogP contribution in [-0.4, -0.2) is 15.5 Å². The summed E-state index contributed by atoms with van der Waals surface area (Å²) in [5, 5.41) is 5.57. The first-order chi connectivity index (χ1) is 10.7. The van der Waals surface area contributed by atoms with E-state index in [-0.39, 0.29) is 5.56 Å². The van der Waals surface area contributed by atoms with E-state index in [1.165, 1.54) is 14.5 Å². The molecule has 1 aromatic carbocycles. The van der Waals surface area contributed by atoms with Crippen molar-refractivity contribution >= 4 is 23.1 Å². The number of thiophene rings is 1. The molecule has 5 heteroatoms. The van der Waals surface area contributed by atoms with Crippen LogP contribution in [0.5, 0.6) is 0 Å². The minimum Gasteiger partial charge on any atom is -0.267 e. The topological polar surface area (TPSA) is 34.9 Å². The van der Waals surface area contributed by atoms with Gasteiger partial charge in [0.05, 0.1) is 5.69 Å². The summed E-state index contributed by atoms with van der Waals surface area (Å²) in [6.07, 6.45) is 0.876. The van der Waals surface area contributed by atoms with Gasteiger partial charge in [0.25, 0.3) is 5.56 Å². The first-order valence-corrected chi connectivity index (χ1v) is 8.95. The lowest BCUT2D eigenvalue weighted by Gasteiger charge is -2.10. The Morgan fingerprint density at radius 1 is 1.18 bits per heavy atom. The fourth-order valence-corrected chi connectivity index (χ4v) is 4.52. The smallest absolute Gasteiger partial charge is 0.267 e. The third-order valence-electron chi connectivity index (χ3n) is 3.72. The van der Waals surface area contributed by atoms with Gasteiger partial charge in [-0.2, -0.15) is 9.78 Å². The number of aromatic nitrogens is 2. The highest BCUT2D eigenvalue weighted by Gasteiger charge is 2.18. The molecule has 0 N–H and O–H groups in total. The number of hydrogen-bond acceptors (Lipinski definition) is 4. The number of nitrogens with zero attached hydrogens (tertiary/aromatic N) is 2. The summed E-state index contributed by atoms with van der Waals surface area (Å²) in [7, 11) is 0. The molecule has 0 amide bonds. The van der Waals surface area contributed by atoms with Gasteiger partial charge in [0.2, 0.25) is 0 Å². The molecule has 0 aliphatic carbocycles. The molecule has 0 fully saturated rings. The average Bonchev–Trinajstić information content (AvgIpc) is 2.86. The Hall–Kier alpha value is -1.85. The second-order valence-corrected chi connectivity index (χ2v) is 7.65. The second kappa shape index (κ2) is 5.41. The maximum absolute atomic E-state index is 12.4. The van der Waals surface area contributed by atoms with Crippen molar-refractivity contribution in [2.75, 3.05) is 5.75 Å². The van der Waals surface area contributed by atoms with Gasteiger partial charge in [-0.05, 0) is 37.1 Å². The molecule has 1 aliphatic rings. The third-order valence-corrected chi connectivity index (χ3v) is 5.77. The lowest BCUT2D eigenvalue weighted by molar-refractivity contribution is 0.813. The largest absolute Gasteiger partial charge is 0.272 e. The van der Waals surface area contributed by atoms with Gasteiger partial charge in [-0.25, -0.2) is 0 Å². The molecule has 0 bridgehead atoms. The number of hydrogen-bond donors (Lipinski definition) is 0. The van der Waals surface area contributed by atoms with Crippen LogP contribution in [0.2, 0.25) is 0 Å². The van der Waals surface area contributed by atoms with Crippen LogP contribution in [0.25, 0.3) is 16.3 Å². The number of benzene rings is 1. The molecular formula is C17H14N2OS2. The molecule has 3 aromatic rings. The lowest BCUT2D eigenvalue weighted by atomic mass is 10.1. The van der Waals surface area contributed by atoms with Crippen molar-refractivity contribution in [3.63, 3.8) is 0 Å². The molecule has 110 valence electrons. The molecule has 0 atom stereocenters. The van der Waals surface area contributed by atoms with Gasteiger partial charge in [0, 0.05) is 27.2 Å². The van der Waals surface area contributed by atoms with Crippen LogP contribution in [0.3, 0.4) is 0 Å². The van der Waals surface area contributed by atoms with Gasteiger partial charge in [-0.15, -0.1) is 23.1 Å². The van der Waals surface area contributed by atoms with E-state index in [0.29, 0.717) is 0 Å². The number of thioether (sulfide) groups is 1. The maximum atomic E-state index is 12.4. The normalized spacial score (nSPS) is 13.3. The number of aryl methyl sites for hydroxylation is 2. The number of fused-ring (bicyclic) bond motifs is 3. The predicted octanol–water partition coefficient (Wildman–Crippen LogP) is 3.92. The van der Waals surface area contributed by atoms with Crippen molar-refractivity contribution in [1.82, 2.24) is 9.78 Å². The van der Waals surface area contributed by atoms with E-state index in [9.17, 15) is 4.79 Å². The standard InChI is InChI=1S/C17H14N2OS2/c1-11-6-7-16(22-11)19-15(20)10-12-8-9-21-14-5-3-2-4-13(14)17(12)18-19/h2-7,10H,8-9H2,1H3. The predicted molar refractivity (Wildman–Crippen MR) is 92.3 cm³/mol. The van der Waals surface area contributed by atoms with Crippen molar-refractivity contribution in [3.8, 4) is 16.3 Å². The van der Waals surface area contributed by atoms with Crippen LogP contribution >= 0.6 is 23.1 Å². The van der Waals surface area contributed by atoms with Crippen molar-refractivity contribution in [2.45, 2.75) is 18.2 Å². The SMILES string of the molecule is Cc1ccc(-n2nc3c(cc2=O)CCSc2ccccc2-3)s1. The Labute approximate surface area is 136 Å². The zero-order valence-corrected chi connectivity index (χ0v) is 13.7. The molecule has 4 rings (SSSR count). The molecule has 0 radical (unpaired) electrons. The van der Waals surface area contributed by atoms with E-state index < -0.39 is 0 Å². The Bertz CT molecular complexity index is 911. The third kappa shape index (κ3) is 2.30. The Balaban J connectivity index is 1.97. The summed E-state index contributed by atoms with van der Waals surface area (Å²) in [5.41, 5.74) is 3.06. The monoisotopic (exact) mass is 326 g/mol. The molecular weight excluding hydrogens is 312 g/mol. The fourth-order valence-electron chi connectivity index (χ4n) is 2.66. The summed E-state index contributed by atoms with van der Waals surface area (Å²) < 4.78 is 1.53. The average molecular weight is 326 g/mol. The molecule has 0 saturated carbocycles. The van der Waals surface area contributed by atoms with Gasteiger partial charge in [-0.3, -0.25) is 4.79 Å². The summed E-state index contributed by atoms with van der Waals surface area (Å²) in [4.78, 5) is 14.8. The van der Waals surface area contributed by atoms with Crippen molar-refractivity contribution in [2.24, 2.45) is 0 Å². The minimum absolute atomic E-state index is 0.0509. The highest BCUT2D eigenvalue weighted by molar-refractivity contribution is 7.99. The van der Waals surface area contributed by atoms with E-state index in [2.05, 4.69) is 18.2 Å². The molecule has 0 spiro atoms. The van der Waals surface area contributed by atoms with Gasteiger partial charge < -0.3 is 0 Å². The molecule has 3 heterocycles. The number of rotatable bonds is 1. The van der Waals surface area contributed by atoms with Gasteiger partial charge in [0.15, 0.2) is 0 Å². The molecule has 1 aliphatic heterocycles. The quantitative estimate of drug-likeness (QED) is 0.680. The maximum Gasteiger partial charge on any atom is 0.272 e. The van der Waals surface area contributed by atoms with E-state index in [0.717, 1.165) is 34.0 Å². The van der Waals surface area contributed by atoms with Crippen molar-refractivity contribution in [3.05, 3.63) is 63.3 Å². The van der Waals surface area contributed by atoms with E-state index >= 15 is 0 Å². The first kappa shape index (κ1) is 13.8. The zero-order valence-electron chi connectivity index (χ0n) is 12.1. The fraction of sp³-hybridized carbons (Fsp3) is 0.176. The van der Waals surface area contributed by atoms with E-state index in [1.807, 2.05) is 36.9 Å². The van der Waals surface area contributed by atoms with Gasteiger partial charge in [-0.1, -0.05) is 18.2 Å². The summed E-state index contributed by atoms with van der Waals surface area (Å²) in [6.45, 7) is 2.04. The highest BCUT2D eigenvalue weighted by atomic mass is 32.2. The van der Waals surface area contributed by atoms with Gasteiger partial charge >= 0.3 is 0 Å². The van der Waals surface area contributed by atoms with Crippen LogP contribution in [0.15, 0.2) is 52.2 Å². The summed E-state index contributed by atoms with van der Waals surface area (Å²) in [6, 6.07) is 14.0. The van der Waals surface area contributed by atoms with Gasteiger partial charge in [0.1, 0.15) is 5.00 Å². The molecule has 2 aromatic heterocycles. The van der Waals surface area contributed by atoms with Crippen LogP contribution < -0.4 is 5.56 Å². The Morgan fingerprint density at radius 2 is 2.05 bits per heavy atom. The minimum atomic E-state index is -0.0509. The van der Waals surface area contributed by atoms with Crippen molar-refractivity contribution < 1.29 is 0 Å².